The quantitative estimate of drug-likeness (QED) is 0.818. The molecule has 0 aromatic carbocycles. The average Bonchev–Trinajstić information content (AvgIpc) is 2.86. The monoisotopic (exact) mass is 235 g/mol. The Balaban J connectivity index is 1.91. The van der Waals surface area contributed by atoms with Crippen LogP contribution in [0.3, 0.4) is 0 Å². The van der Waals surface area contributed by atoms with E-state index in [9.17, 15) is 4.79 Å². The van der Waals surface area contributed by atoms with Crippen LogP contribution in [-0.2, 0) is 4.79 Å². The van der Waals surface area contributed by atoms with Crippen LogP contribution in [0.15, 0.2) is 18.3 Å². The molecular weight excluding hydrogens is 218 g/mol. The molecule has 5 nitrogen and oxygen atoms in total. The summed E-state index contributed by atoms with van der Waals surface area (Å²) in [5.41, 5.74) is 0.713. The van der Waals surface area contributed by atoms with Crippen molar-refractivity contribution in [3.8, 4) is 5.88 Å². The van der Waals surface area contributed by atoms with E-state index in [1.807, 2.05) is 6.92 Å². The van der Waals surface area contributed by atoms with Crippen molar-refractivity contribution in [1.82, 2.24) is 10.3 Å². The lowest BCUT2D eigenvalue weighted by Gasteiger charge is -2.09. The van der Waals surface area contributed by atoms with E-state index in [1.165, 1.54) is 0 Å². The molecule has 0 spiro atoms. The molecule has 1 unspecified atom stereocenters. The molecule has 0 saturated carbocycles. The number of anilines is 1. The van der Waals surface area contributed by atoms with Crippen molar-refractivity contribution < 1.29 is 9.53 Å². The highest BCUT2D eigenvalue weighted by Crippen LogP contribution is 2.14. The van der Waals surface area contributed by atoms with E-state index in [0.717, 1.165) is 19.5 Å². The summed E-state index contributed by atoms with van der Waals surface area (Å²) >= 11 is 0. The Morgan fingerprint density at radius 1 is 1.65 bits per heavy atom. The van der Waals surface area contributed by atoms with Crippen LogP contribution in [0.4, 0.5) is 5.69 Å². The van der Waals surface area contributed by atoms with Crippen LogP contribution in [0.5, 0.6) is 5.88 Å². The van der Waals surface area contributed by atoms with E-state index < -0.39 is 0 Å². The number of nitrogens with zero attached hydrogens (tertiary/aromatic N) is 1. The number of ether oxygens (including phenoxy) is 1. The number of aromatic nitrogens is 1. The van der Waals surface area contributed by atoms with E-state index >= 15 is 0 Å². The number of carbonyl (C=O) groups excluding carboxylic acids is 1. The molecule has 0 bridgehead atoms. The van der Waals surface area contributed by atoms with Gasteiger partial charge in [0.05, 0.1) is 24.4 Å². The SMILES string of the molecule is CCOc1ccc(NC(=O)C2CCNC2)cn1. The van der Waals surface area contributed by atoms with Crippen LogP contribution < -0.4 is 15.4 Å². The maximum atomic E-state index is 11.8. The van der Waals surface area contributed by atoms with Crippen LogP contribution >= 0.6 is 0 Å². The van der Waals surface area contributed by atoms with Gasteiger partial charge in [0.1, 0.15) is 0 Å². The van der Waals surface area contributed by atoms with Crippen molar-refractivity contribution in [3.05, 3.63) is 18.3 Å². The topological polar surface area (TPSA) is 63.2 Å². The largest absolute Gasteiger partial charge is 0.478 e. The Bertz CT molecular complexity index is 372. The minimum atomic E-state index is 0.0564. The fourth-order valence-corrected chi connectivity index (χ4v) is 1.81. The average molecular weight is 235 g/mol. The summed E-state index contributed by atoms with van der Waals surface area (Å²) in [6.07, 6.45) is 2.52. The van der Waals surface area contributed by atoms with Crippen LogP contribution in [0.2, 0.25) is 0 Å². The number of hydrogen-bond donors (Lipinski definition) is 2. The summed E-state index contributed by atoms with van der Waals surface area (Å²) in [6.45, 7) is 4.17. The first-order chi connectivity index (χ1) is 8.29. The van der Waals surface area contributed by atoms with E-state index in [2.05, 4.69) is 15.6 Å². The van der Waals surface area contributed by atoms with Crippen molar-refractivity contribution in [1.29, 1.82) is 0 Å². The molecule has 1 aliphatic heterocycles. The van der Waals surface area contributed by atoms with E-state index in [-0.39, 0.29) is 11.8 Å². The number of rotatable bonds is 4. The van der Waals surface area contributed by atoms with E-state index in [0.29, 0.717) is 18.2 Å². The predicted molar refractivity (Wildman–Crippen MR) is 65.0 cm³/mol. The lowest BCUT2D eigenvalue weighted by molar-refractivity contribution is -0.119. The van der Waals surface area contributed by atoms with Gasteiger partial charge < -0.3 is 15.4 Å². The second-order valence-corrected chi connectivity index (χ2v) is 4.00. The standard InChI is InChI=1S/C12H17N3O2/c1-2-17-11-4-3-10(8-14-11)15-12(16)9-5-6-13-7-9/h3-4,8-9,13H,2,5-7H2,1H3,(H,15,16). The Labute approximate surface area is 101 Å². The van der Waals surface area contributed by atoms with Gasteiger partial charge in [0.25, 0.3) is 0 Å². The minimum Gasteiger partial charge on any atom is -0.478 e. The number of pyridine rings is 1. The molecule has 1 amide bonds. The molecule has 5 heteroatoms. The van der Waals surface area contributed by atoms with Crippen molar-refractivity contribution >= 4 is 11.6 Å². The minimum absolute atomic E-state index is 0.0564. The number of hydrogen-bond acceptors (Lipinski definition) is 4. The van der Waals surface area contributed by atoms with Gasteiger partial charge in [-0.1, -0.05) is 0 Å². The highest BCUT2D eigenvalue weighted by Gasteiger charge is 2.22. The van der Waals surface area contributed by atoms with E-state index in [1.54, 1.807) is 18.3 Å². The highest BCUT2D eigenvalue weighted by molar-refractivity contribution is 5.92. The summed E-state index contributed by atoms with van der Waals surface area (Å²) < 4.78 is 5.23. The molecule has 17 heavy (non-hydrogen) atoms. The lowest BCUT2D eigenvalue weighted by Crippen LogP contribution is -2.24. The van der Waals surface area contributed by atoms with Gasteiger partial charge in [-0.25, -0.2) is 4.98 Å². The molecule has 1 aromatic rings. The number of amides is 1. The third-order valence-electron chi connectivity index (χ3n) is 2.73. The molecule has 2 heterocycles. The van der Waals surface area contributed by atoms with Gasteiger partial charge >= 0.3 is 0 Å². The first kappa shape index (κ1) is 11.9. The molecule has 0 radical (unpaired) electrons. The fourth-order valence-electron chi connectivity index (χ4n) is 1.81. The summed E-state index contributed by atoms with van der Waals surface area (Å²) in [5, 5.41) is 6.02. The van der Waals surface area contributed by atoms with Gasteiger partial charge in [-0.05, 0) is 26.0 Å². The molecule has 1 saturated heterocycles. The normalized spacial score (nSPS) is 19.0. The van der Waals surface area contributed by atoms with Crippen molar-refractivity contribution in [2.45, 2.75) is 13.3 Å². The lowest BCUT2D eigenvalue weighted by atomic mass is 10.1. The Kier molecular flexibility index (Phi) is 3.93. The van der Waals surface area contributed by atoms with Crippen molar-refractivity contribution in [3.63, 3.8) is 0 Å². The Morgan fingerprint density at radius 3 is 3.12 bits per heavy atom. The van der Waals surface area contributed by atoms with Crippen LogP contribution in [0.25, 0.3) is 0 Å². The van der Waals surface area contributed by atoms with Gasteiger partial charge in [0.15, 0.2) is 0 Å². The summed E-state index contributed by atoms with van der Waals surface area (Å²) in [4.78, 5) is 15.9. The molecule has 2 N–H and O–H groups in total. The van der Waals surface area contributed by atoms with Crippen LogP contribution in [0.1, 0.15) is 13.3 Å². The molecule has 1 fully saturated rings. The zero-order valence-corrected chi connectivity index (χ0v) is 9.90. The number of carbonyl (C=O) groups is 1. The van der Waals surface area contributed by atoms with E-state index in [4.69, 9.17) is 4.74 Å². The zero-order chi connectivity index (χ0) is 12.1. The first-order valence-corrected chi connectivity index (χ1v) is 5.90. The van der Waals surface area contributed by atoms with Crippen LogP contribution in [0, 0.1) is 5.92 Å². The van der Waals surface area contributed by atoms with Crippen molar-refractivity contribution in [2.75, 3.05) is 25.0 Å². The van der Waals surface area contributed by atoms with Crippen LogP contribution in [-0.4, -0.2) is 30.6 Å². The fraction of sp³-hybridized carbons (Fsp3) is 0.500. The molecule has 2 rings (SSSR count). The smallest absolute Gasteiger partial charge is 0.228 e. The van der Waals surface area contributed by atoms with Gasteiger partial charge in [-0.3, -0.25) is 4.79 Å². The van der Waals surface area contributed by atoms with Crippen molar-refractivity contribution in [2.24, 2.45) is 5.92 Å². The molecule has 0 aliphatic carbocycles. The second kappa shape index (κ2) is 5.63. The molecule has 1 aromatic heterocycles. The van der Waals surface area contributed by atoms with Gasteiger partial charge in [0.2, 0.25) is 11.8 Å². The van der Waals surface area contributed by atoms with Gasteiger partial charge in [0, 0.05) is 12.6 Å². The van der Waals surface area contributed by atoms with Gasteiger partial charge in [-0.15, -0.1) is 0 Å². The number of nitrogens with one attached hydrogen (secondary N) is 2. The van der Waals surface area contributed by atoms with Gasteiger partial charge in [-0.2, -0.15) is 0 Å². The molecule has 92 valence electrons. The predicted octanol–water partition coefficient (Wildman–Crippen LogP) is 1.03. The maximum Gasteiger partial charge on any atom is 0.228 e. The summed E-state index contributed by atoms with van der Waals surface area (Å²) in [6, 6.07) is 3.56. The third kappa shape index (κ3) is 3.17. The molecular formula is C12H17N3O2. The Morgan fingerprint density at radius 2 is 2.53 bits per heavy atom. The first-order valence-electron chi connectivity index (χ1n) is 5.90. The highest BCUT2D eigenvalue weighted by atomic mass is 16.5. The zero-order valence-electron chi connectivity index (χ0n) is 9.90. The summed E-state index contributed by atoms with van der Waals surface area (Å²) in [5.74, 6) is 0.704. The second-order valence-electron chi connectivity index (χ2n) is 4.00. The molecule has 1 atom stereocenters. The summed E-state index contributed by atoms with van der Waals surface area (Å²) in [7, 11) is 0. The Hall–Kier alpha value is -1.62. The molecule has 1 aliphatic rings. The maximum absolute atomic E-state index is 11.8. The third-order valence-corrected chi connectivity index (χ3v) is 2.73.